The number of rotatable bonds is 6. The number of amides is 1. The van der Waals surface area contributed by atoms with E-state index in [1.807, 2.05) is 32.0 Å². The molecule has 0 saturated carbocycles. The van der Waals surface area contributed by atoms with Crippen LogP contribution in [0.5, 0.6) is 0 Å². The van der Waals surface area contributed by atoms with Gasteiger partial charge in [0.25, 0.3) is 0 Å². The number of carbonyl (C=O) groups excluding carboxylic acids is 1. The van der Waals surface area contributed by atoms with E-state index in [0.29, 0.717) is 15.7 Å². The Morgan fingerprint density at radius 1 is 1.19 bits per heavy atom. The van der Waals surface area contributed by atoms with E-state index < -0.39 is 0 Å². The quantitative estimate of drug-likeness (QED) is 0.501. The summed E-state index contributed by atoms with van der Waals surface area (Å²) in [6, 6.07) is 15.3. The molecule has 1 aromatic heterocycles. The monoisotopic (exact) mass is 419 g/mol. The summed E-state index contributed by atoms with van der Waals surface area (Å²) < 4.78 is 0. The molecule has 0 radical (unpaired) electrons. The standard InChI is InChI=1S/C20H19Cl2N3OS/c1-12-17(11-14-7-4-3-5-8-14)25-20(23-12)27-13(2)19(26)24-16-10-6-9-15(21)18(16)22/h3-10,13H,11H2,1-2H3,(H,23,25)(H,24,26). The number of nitrogens with zero attached hydrogens (tertiary/aromatic N) is 1. The number of nitrogens with one attached hydrogen (secondary N) is 2. The first kappa shape index (κ1) is 19.8. The summed E-state index contributed by atoms with van der Waals surface area (Å²) in [6.07, 6.45) is 0.752. The lowest BCUT2D eigenvalue weighted by Gasteiger charge is -2.12. The smallest absolute Gasteiger partial charge is 0.237 e. The van der Waals surface area contributed by atoms with Gasteiger partial charge in [0.2, 0.25) is 5.91 Å². The minimum atomic E-state index is -0.352. The van der Waals surface area contributed by atoms with Crippen LogP contribution in [0.1, 0.15) is 23.9 Å². The topological polar surface area (TPSA) is 57.8 Å². The largest absolute Gasteiger partial charge is 0.337 e. The Morgan fingerprint density at radius 3 is 2.67 bits per heavy atom. The molecule has 0 bridgehead atoms. The number of benzene rings is 2. The second kappa shape index (κ2) is 8.83. The molecule has 140 valence electrons. The molecule has 3 aromatic rings. The third-order valence-corrected chi connectivity index (χ3v) is 5.85. The summed E-state index contributed by atoms with van der Waals surface area (Å²) in [6.45, 7) is 3.82. The van der Waals surface area contributed by atoms with Crippen molar-refractivity contribution in [3.63, 3.8) is 0 Å². The van der Waals surface area contributed by atoms with Gasteiger partial charge in [-0.3, -0.25) is 4.79 Å². The van der Waals surface area contributed by atoms with Gasteiger partial charge >= 0.3 is 0 Å². The molecular weight excluding hydrogens is 401 g/mol. The second-order valence-electron chi connectivity index (χ2n) is 6.13. The molecule has 1 amide bonds. The third kappa shape index (κ3) is 5.06. The SMILES string of the molecule is Cc1[nH]c(SC(C)C(=O)Nc2cccc(Cl)c2Cl)nc1Cc1ccccc1. The number of halogens is 2. The predicted octanol–water partition coefficient (Wildman–Crippen LogP) is 5.74. The Morgan fingerprint density at radius 2 is 1.93 bits per heavy atom. The van der Waals surface area contributed by atoms with Crippen LogP contribution >= 0.6 is 35.0 Å². The zero-order valence-electron chi connectivity index (χ0n) is 14.9. The fourth-order valence-electron chi connectivity index (χ4n) is 2.54. The number of anilines is 1. The van der Waals surface area contributed by atoms with Crippen LogP contribution in [-0.4, -0.2) is 21.1 Å². The van der Waals surface area contributed by atoms with Gasteiger partial charge in [-0.25, -0.2) is 4.98 Å². The number of carbonyl (C=O) groups is 1. The Hall–Kier alpha value is -1.95. The van der Waals surface area contributed by atoms with Gasteiger partial charge in [0.1, 0.15) is 0 Å². The van der Waals surface area contributed by atoms with Crippen molar-refractivity contribution in [2.24, 2.45) is 0 Å². The lowest BCUT2D eigenvalue weighted by atomic mass is 10.1. The molecule has 0 saturated heterocycles. The number of hydrogen-bond acceptors (Lipinski definition) is 3. The molecule has 7 heteroatoms. The van der Waals surface area contributed by atoms with Crippen molar-refractivity contribution in [1.82, 2.24) is 9.97 Å². The lowest BCUT2D eigenvalue weighted by Crippen LogP contribution is -2.22. The summed E-state index contributed by atoms with van der Waals surface area (Å²) in [5.41, 5.74) is 3.69. The highest BCUT2D eigenvalue weighted by Crippen LogP contribution is 2.30. The molecule has 2 N–H and O–H groups in total. The van der Waals surface area contributed by atoms with E-state index in [2.05, 4.69) is 27.4 Å². The first-order chi connectivity index (χ1) is 12.9. The number of aromatic nitrogens is 2. The summed E-state index contributed by atoms with van der Waals surface area (Å²) in [4.78, 5) is 20.4. The number of hydrogen-bond donors (Lipinski definition) is 2. The van der Waals surface area contributed by atoms with Crippen molar-refractivity contribution in [2.75, 3.05) is 5.32 Å². The highest BCUT2D eigenvalue weighted by Gasteiger charge is 2.19. The molecule has 2 aromatic carbocycles. The van der Waals surface area contributed by atoms with Crippen LogP contribution in [0, 0.1) is 6.92 Å². The molecule has 0 fully saturated rings. The van der Waals surface area contributed by atoms with Crippen LogP contribution in [0.15, 0.2) is 53.7 Å². The van der Waals surface area contributed by atoms with Crippen LogP contribution in [0.2, 0.25) is 10.0 Å². The predicted molar refractivity (Wildman–Crippen MR) is 113 cm³/mol. The van der Waals surface area contributed by atoms with Gasteiger partial charge in [-0.2, -0.15) is 0 Å². The van der Waals surface area contributed by atoms with Crippen molar-refractivity contribution in [2.45, 2.75) is 30.7 Å². The molecule has 1 atom stereocenters. The maximum absolute atomic E-state index is 12.5. The summed E-state index contributed by atoms with van der Waals surface area (Å²) >= 11 is 13.5. The average molecular weight is 420 g/mol. The van der Waals surface area contributed by atoms with E-state index in [0.717, 1.165) is 23.0 Å². The normalized spacial score (nSPS) is 12.0. The van der Waals surface area contributed by atoms with Crippen LogP contribution in [-0.2, 0) is 11.2 Å². The molecule has 4 nitrogen and oxygen atoms in total. The number of imidazole rings is 1. The molecule has 1 heterocycles. The van der Waals surface area contributed by atoms with E-state index in [-0.39, 0.29) is 11.2 Å². The van der Waals surface area contributed by atoms with E-state index in [9.17, 15) is 4.79 Å². The van der Waals surface area contributed by atoms with Gasteiger partial charge in [-0.05, 0) is 31.5 Å². The molecular formula is C20H19Cl2N3OS. The second-order valence-corrected chi connectivity index (χ2v) is 8.24. The Labute approximate surface area is 172 Å². The maximum atomic E-state index is 12.5. The maximum Gasteiger partial charge on any atom is 0.237 e. The van der Waals surface area contributed by atoms with Crippen LogP contribution in [0.3, 0.4) is 0 Å². The zero-order chi connectivity index (χ0) is 19.4. The van der Waals surface area contributed by atoms with Crippen molar-refractivity contribution >= 4 is 46.6 Å². The third-order valence-electron chi connectivity index (χ3n) is 4.05. The highest BCUT2D eigenvalue weighted by atomic mass is 35.5. The molecule has 0 spiro atoms. The first-order valence-corrected chi connectivity index (χ1v) is 10.1. The van der Waals surface area contributed by atoms with Gasteiger partial charge in [-0.15, -0.1) is 0 Å². The fourth-order valence-corrected chi connectivity index (χ4v) is 3.76. The molecule has 3 rings (SSSR count). The highest BCUT2D eigenvalue weighted by molar-refractivity contribution is 8.00. The molecule has 1 unspecified atom stereocenters. The van der Waals surface area contributed by atoms with Gasteiger partial charge in [0.05, 0.1) is 26.7 Å². The van der Waals surface area contributed by atoms with Crippen LogP contribution in [0.4, 0.5) is 5.69 Å². The number of aryl methyl sites for hydroxylation is 1. The Bertz CT molecular complexity index is 944. The number of thioether (sulfide) groups is 1. The average Bonchev–Trinajstić information content (AvgIpc) is 2.98. The van der Waals surface area contributed by atoms with Crippen molar-refractivity contribution in [3.05, 3.63) is 75.5 Å². The Kier molecular flexibility index (Phi) is 6.47. The molecule has 0 aliphatic rings. The van der Waals surface area contributed by atoms with E-state index >= 15 is 0 Å². The summed E-state index contributed by atoms with van der Waals surface area (Å²) in [5, 5.41) is 3.92. The lowest BCUT2D eigenvalue weighted by molar-refractivity contribution is -0.115. The summed E-state index contributed by atoms with van der Waals surface area (Å²) in [7, 11) is 0. The zero-order valence-corrected chi connectivity index (χ0v) is 17.3. The number of aromatic amines is 1. The minimum absolute atomic E-state index is 0.164. The van der Waals surface area contributed by atoms with Gasteiger partial charge < -0.3 is 10.3 Å². The van der Waals surface area contributed by atoms with E-state index in [1.54, 1.807) is 18.2 Å². The molecule has 0 aliphatic carbocycles. The van der Waals surface area contributed by atoms with Gasteiger partial charge in [-0.1, -0.05) is 71.4 Å². The molecule has 0 aliphatic heterocycles. The van der Waals surface area contributed by atoms with Crippen molar-refractivity contribution < 1.29 is 4.79 Å². The van der Waals surface area contributed by atoms with E-state index in [1.165, 1.54) is 17.3 Å². The number of H-pyrrole nitrogens is 1. The van der Waals surface area contributed by atoms with Gasteiger partial charge in [0.15, 0.2) is 5.16 Å². The summed E-state index contributed by atoms with van der Waals surface area (Å²) in [5.74, 6) is -0.164. The Balaban J connectivity index is 1.65. The fraction of sp³-hybridized carbons (Fsp3) is 0.200. The van der Waals surface area contributed by atoms with Crippen LogP contribution < -0.4 is 5.32 Å². The van der Waals surface area contributed by atoms with Gasteiger partial charge in [0, 0.05) is 12.1 Å². The van der Waals surface area contributed by atoms with Crippen LogP contribution in [0.25, 0.3) is 0 Å². The van der Waals surface area contributed by atoms with E-state index in [4.69, 9.17) is 23.2 Å². The minimum Gasteiger partial charge on any atom is -0.337 e. The first-order valence-electron chi connectivity index (χ1n) is 8.45. The van der Waals surface area contributed by atoms with Crippen molar-refractivity contribution in [1.29, 1.82) is 0 Å². The van der Waals surface area contributed by atoms with Crippen molar-refractivity contribution in [3.8, 4) is 0 Å². The molecule has 27 heavy (non-hydrogen) atoms.